The van der Waals surface area contributed by atoms with E-state index in [1.165, 1.54) is 4.90 Å². The zero-order valence-corrected chi connectivity index (χ0v) is 18.7. The summed E-state index contributed by atoms with van der Waals surface area (Å²) in [5.41, 5.74) is 0.979. The van der Waals surface area contributed by atoms with Crippen molar-refractivity contribution in [2.75, 3.05) is 19.8 Å². The molecule has 1 aromatic carbocycles. The number of oxazole rings is 1. The standard InChI is InChI=1S/C24H32N4O3/c1-16-11-23(2,3)14-24(12-16)21(29)28(22(30)26-24)15-27-10-6-7-17(13-27)20-25-18-8-4-5-9-19(18)31-20/h4-5,8-9,16-17H,6-7,10-15H2,1-3H3,(H,26,30). The number of hydrogen-bond acceptors (Lipinski definition) is 5. The number of hydrogen-bond donors (Lipinski definition) is 1. The third-order valence-electron chi connectivity index (χ3n) is 7.13. The van der Waals surface area contributed by atoms with Gasteiger partial charge in [0, 0.05) is 12.5 Å². The minimum atomic E-state index is -0.742. The summed E-state index contributed by atoms with van der Waals surface area (Å²) in [6, 6.07) is 7.56. The van der Waals surface area contributed by atoms with E-state index in [1.807, 2.05) is 24.3 Å². The molecule has 31 heavy (non-hydrogen) atoms. The van der Waals surface area contributed by atoms with Crippen molar-refractivity contribution >= 4 is 23.0 Å². The topological polar surface area (TPSA) is 78.7 Å². The zero-order valence-electron chi connectivity index (χ0n) is 18.7. The van der Waals surface area contributed by atoms with Crippen molar-refractivity contribution in [3.63, 3.8) is 0 Å². The second kappa shape index (κ2) is 7.33. The van der Waals surface area contributed by atoms with Crippen LogP contribution in [0.15, 0.2) is 28.7 Å². The lowest BCUT2D eigenvalue weighted by Gasteiger charge is -2.44. The Morgan fingerprint density at radius 1 is 1.23 bits per heavy atom. The van der Waals surface area contributed by atoms with Gasteiger partial charge >= 0.3 is 6.03 Å². The summed E-state index contributed by atoms with van der Waals surface area (Å²) in [5, 5.41) is 3.09. The van der Waals surface area contributed by atoms with Crippen LogP contribution in [0.4, 0.5) is 4.79 Å². The van der Waals surface area contributed by atoms with E-state index in [9.17, 15) is 9.59 Å². The Morgan fingerprint density at radius 2 is 2.03 bits per heavy atom. The summed E-state index contributed by atoms with van der Waals surface area (Å²) in [4.78, 5) is 34.6. The van der Waals surface area contributed by atoms with Crippen molar-refractivity contribution in [1.29, 1.82) is 0 Å². The molecule has 7 heteroatoms. The van der Waals surface area contributed by atoms with Gasteiger partial charge in [-0.1, -0.05) is 32.9 Å². The Bertz CT molecular complexity index is 982. The second-order valence-electron chi connectivity index (χ2n) is 10.7. The van der Waals surface area contributed by atoms with Gasteiger partial charge in [-0.25, -0.2) is 14.7 Å². The van der Waals surface area contributed by atoms with Crippen molar-refractivity contribution in [2.45, 2.75) is 64.3 Å². The Morgan fingerprint density at radius 3 is 2.81 bits per heavy atom. The molecule has 1 spiro atoms. The molecule has 1 aromatic heterocycles. The van der Waals surface area contributed by atoms with E-state index in [-0.39, 0.29) is 23.3 Å². The first kappa shape index (κ1) is 20.5. The number of likely N-dealkylation sites (tertiary alicyclic amines) is 1. The van der Waals surface area contributed by atoms with Crippen LogP contribution in [0.2, 0.25) is 0 Å². The number of nitrogens with zero attached hydrogens (tertiary/aromatic N) is 3. The van der Waals surface area contributed by atoms with Crippen LogP contribution in [0.1, 0.15) is 64.7 Å². The number of rotatable bonds is 3. The summed E-state index contributed by atoms with van der Waals surface area (Å²) in [6.07, 6.45) is 4.50. The molecule has 2 aliphatic heterocycles. The Hall–Kier alpha value is -2.41. The minimum Gasteiger partial charge on any atom is -0.440 e. The monoisotopic (exact) mass is 424 g/mol. The van der Waals surface area contributed by atoms with E-state index >= 15 is 0 Å². The molecule has 3 fully saturated rings. The first-order chi connectivity index (χ1) is 14.7. The number of urea groups is 1. The highest BCUT2D eigenvalue weighted by atomic mass is 16.3. The lowest BCUT2D eigenvalue weighted by molar-refractivity contribution is -0.136. The van der Waals surface area contributed by atoms with Gasteiger partial charge in [0.2, 0.25) is 0 Å². The van der Waals surface area contributed by atoms with Crippen LogP contribution < -0.4 is 5.32 Å². The van der Waals surface area contributed by atoms with Crippen LogP contribution >= 0.6 is 0 Å². The summed E-state index contributed by atoms with van der Waals surface area (Å²) in [6.45, 7) is 8.50. The molecule has 0 radical (unpaired) electrons. The first-order valence-electron chi connectivity index (χ1n) is 11.5. The van der Waals surface area contributed by atoms with Crippen molar-refractivity contribution in [2.24, 2.45) is 11.3 Å². The highest BCUT2D eigenvalue weighted by Gasteiger charge is 2.56. The molecule has 0 bridgehead atoms. The molecule has 1 saturated carbocycles. The number of fused-ring (bicyclic) bond motifs is 1. The number of imide groups is 1. The molecule has 3 aliphatic rings. The Kier molecular flexibility index (Phi) is 4.84. The molecule has 5 rings (SSSR count). The van der Waals surface area contributed by atoms with Crippen molar-refractivity contribution in [3.8, 4) is 0 Å². The van der Waals surface area contributed by atoms with E-state index in [1.54, 1.807) is 0 Å². The van der Waals surface area contributed by atoms with Gasteiger partial charge in [-0.3, -0.25) is 9.69 Å². The number of carbonyl (C=O) groups excluding carboxylic acids is 2. The minimum absolute atomic E-state index is 0.0415. The number of amides is 3. The zero-order chi connectivity index (χ0) is 21.8. The van der Waals surface area contributed by atoms with Gasteiger partial charge in [0.05, 0.1) is 6.67 Å². The SMILES string of the molecule is CC1CC(C)(C)CC2(C1)NC(=O)N(CN1CCCC(c3nc4ccccc4o3)C1)C2=O. The predicted molar refractivity (Wildman–Crippen MR) is 117 cm³/mol. The van der Waals surface area contributed by atoms with E-state index in [0.29, 0.717) is 19.0 Å². The van der Waals surface area contributed by atoms with Gasteiger partial charge in [0.25, 0.3) is 5.91 Å². The van der Waals surface area contributed by atoms with E-state index in [0.717, 1.165) is 55.8 Å². The third kappa shape index (κ3) is 3.73. The smallest absolute Gasteiger partial charge is 0.326 e. The molecular weight excluding hydrogens is 392 g/mol. The molecule has 3 heterocycles. The molecule has 3 atom stereocenters. The second-order valence-corrected chi connectivity index (χ2v) is 10.7. The van der Waals surface area contributed by atoms with Crippen LogP contribution in [-0.4, -0.2) is 52.0 Å². The molecule has 2 aromatic rings. The van der Waals surface area contributed by atoms with Crippen LogP contribution in [0.3, 0.4) is 0 Å². The van der Waals surface area contributed by atoms with Gasteiger partial charge < -0.3 is 9.73 Å². The fraction of sp³-hybridized carbons (Fsp3) is 0.625. The molecule has 2 saturated heterocycles. The number of para-hydroxylation sites is 2. The highest BCUT2D eigenvalue weighted by Crippen LogP contribution is 2.46. The number of aromatic nitrogens is 1. The average molecular weight is 425 g/mol. The quantitative estimate of drug-likeness (QED) is 0.751. The lowest BCUT2D eigenvalue weighted by atomic mass is 9.64. The molecule has 3 unspecified atom stereocenters. The summed E-state index contributed by atoms with van der Waals surface area (Å²) in [5.74, 6) is 1.28. The highest BCUT2D eigenvalue weighted by molar-refractivity contribution is 6.07. The maximum atomic E-state index is 13.5. The van der Waals surface area contributed by atoms with E-state index in [4.69, 9.17) is 4.42 Å². The lowest BCUT2D eigenvalue weighted by Crippen LogP contribution is -2.54. The number of nitrogens with one attached hydrogen (secondary N) is 1. The van der Waals surface area contributed by atoms with Crippen molar-refractivity contribution < 1.29 is 14.0 Å². The van der Waals surface area contributed by atoms with Gasteiger partial charge in [0.1, 0.15) is 11.1 Å². The van der Waals surface area contributed by atoms with E-state index in [2.05, 4.69) is 36.0 Å². The normalized spacial score (nSPS) is 31.5. The molecule has 7 nitrogen and oxygen atoms in total. The third-order valence-corrected chi connectivity index (χ3v) is 7.13. The van der Waals surface area contributed by atoms with Gasteiger partial charge in [-0.05, 0) is 62.1 Å². The van der Waals surface area contributed by atoms with Crippen LogP contribution in [-0.2, 0) is 4.79 Å². The predicted octanol–water partition coefficient (Wildman–Crippen LogP) is 4.10. The Balaban J connectivity index is 1.30. The van der Waals surface area contributed by atoms with Crippen LogP contribution in [0, 0.1) is 11.3 Å². The molecule has 1 N–H and O–H groups in total. The van der Waals surface area contributed by atoms with Gasteiger partial charge in [-0.2, -0.15) is 0 Å². The fourth-order valence-electron chi connectivity index (χ4n) is 6.28. The van der Waals surface area contributed by atoms with Crippen molar-refractivity contribution in [1.82, 2.24) is 20.1 Å². The number of carbonyl (C=O) groups is 2. The summed E-state index contributed by atoms with van der Waals surface area (Å²) in [7, 11) is 0. The van der Waals surface area contributed by atoms with Crippen LogP contribution in [0.25, 0.3) is 11.1 Å². The number of benzene rings is 1. The first-order valence-corrected chi connectivity index (χ1v) is 11.5. The molecular formula is C24H32N4O3. The summed E-state index contributed by atoms with van der Waals surface area (Å²) < 4.78 is 6.00. The maximum absolute atomic E-state index is 13.5. The Labute approximate surface area is 183 Å². The van der Waals surface area contributed by atoms with Gasteiger partial charge in [0.15, 0.2) is 11.5 Å². The molecule has 1 aliphatic carbocycles. The summed E-state index contributed by atoms with van der Waals surface area (Å²) >= 11 is 0. The molecule has 166 valence electrons. The van der Waals surface area contributed by atoms with Crippen LogP contribution in [0.5, 0.6) is 0 Å². The average Bonchev–Trinajstić information content (AvgIpc) is 3.22. The van der Waals surface area contributed by atoms with Crippen molar-refractivity contribution in [3.05, 3.63) is 30.2 Å². The number of piperidine rings is 1. The maximum Gasteiger partial charge on any atom is 0.326 e. The largest absolute Gasteiger partial charge is 0.440 e. The van der Waals surface area contributed by atoms with Gasteiger partial charge in [-0.15, -0.1) is 0 Å². The fourth-order valence-corrected chi connectivity index (χ4v) is 6.28. The molecule has 3 amide bonds. The van der Waals surface area contributed by atoms with E-state index < -0.39 is 5.54 Å².